The average Bonchev–Trinajstić information content (AvgIpc) is 2.07. The summed E-state index contributed by atoms with van der Waals surface area (Å²) in [6.45, 7) is 8.23. The molecule has 0 rings (SSSR count). The largest absolute Gasteiger partial charge is 0.382 e. The maximum Gasteiger partial charge on any atom is 0.129 e. The van der Waals surface area contributed by atoms with Crippen LogP contribution < -0.4 is 0 Å². The second-order valence-electron chi connectivity index (χ2n) is 2.99. The van der Waals surface area contributed by atoms with E-state index in [-0.39, 0.29) is 0 Å². The van der Waals surface area contributed by atoms with Gasteiger partial charge in [0, 0.05) is 7.11 Å². The molecule has 0 fully saturated rings. The van der Waals surface area contributed by atoms with Crippen molar-refractivity contribution in [3.8, 4) is 6.07 Å². The van der Waals surface area contributed by atoms with Gasteiger partial charge >= 0.3 is 0 Å². The summed E-state index contributed by atoms with van der Waals surface area (Å²) in [6.07, 6.45) is 0. The summed E-state index contributed by atoms with van der Waals surface area (Å²) in [5.74, 6) is 0. The molecule has 0 spiro atoms. The molecule has 0 aromatic carbocycles. The minimum absolute atomic E-state index is 0.463. The number of nitriles is 1. The number of hydrogen-bond donors (Lipinski definition) is 0. The molecule has 0 aromatic rings. The van der Waals surface area contributed by atoms with E-state index in [4.69, 9.17) is 10.00 Å². The molecule has 0 radical (unpaired) electrons. The van der Waals surface area contributed by atoms with Crippen LogP contribution in [0.4, 0.5) is 0 Å². The van der Waals surface area contributed by atoms with Crippen molar-refractivity contribution in [1.82, 2.24) is 4.90 Å². The van der Waals surface area contributed by atoms with Crippen molar-refractivity contribution in [3.63, 3.8) is 0 Å². The van der Waals surface area contributed by atoms with Crippen LogP contribution in [0.25, 0.3) is 0 Å². The minimum Gasteiger partial charge on any atom is -0.382 e. The predicted molar refractivity (Wildman–Crippen MR) is 48.8 cm³/mol. The second-order valence-corrected chi connectivity index (χ2v) is 2.99. The fourth-order valence-corrected chi connectivity index (χ4v) is 1.40. The standard InChI is InChI=1S/C9H18N2O/c1-5-11(6-2)9(3,7-10)8-12-4/h5-6,8H2,1-4H3. The molecule has 0 aliphatic rings. The molecule has 0 heterocycles. The van der Waals surface area contributed by atoms with E-state index in [1.807, 2.05) is 6.92 Å². The molecule has 3 heteroatoms. The van der Waals surface area contributed by atoms with Gasteiger partial charge in [0.1, 0.15) is 5.54 Å². The topological polar surface area (TPSA) is 36.3 Å². The third kappa shape index (κ3) is 2.47. The highest BCUT2D eigenvalue weighted by Crippen LogP contribution is 2.13. The van der Waals surface area contributed by atoms with E-state index in [1.54, 1.807) is 7.11 Å². The summed E-state index contributed by atoms with van der Waals surface area (Å²) in [5.41, 5.74) is -0.474. The highest BCUT2D eigenvalue weighted by atomic mass is 16.5. The van der Waals surface area contributed by atoms with Crippen molar-refractivity contribution < 1.29 is 4.74 Å². The van der Waals surface area contributed by atoms with E-state index < -0.39 is 5.54 Å². The first-order valence-electron chi connectivity index (χ1n) is 4.29. The number of ether oxygens (including phenoxy) is 1. The van der Waals surface area contributed by atoms with Crippen molar-refractivity contribution in [1.29, 1.82) is 5.26 Å². The van der Waals surface area contributed by atoms with Crippen LogP contribution in [-0.4, -0.2) is 37.2 Å². The quantitative estimate of drug-likeness (QED) is 0.623. The van der Waals surface area contributed by atoms with Gasteiger partial charge in [0.15, 0.2) is 0 Å². The molecule has 1 unspecified atom stereocenters. The third-order valence-electron chi connectivity index (χ3n) is 2.13. The number of rotatable bonds is 5. The lowest BCUT2D eigenvalue weighted by Crippen LogP contribution is -2.48. The fourth-order valence-electron chi connectivity index (χ4n) is 1.40. The molecular formula is C9H18N2O. The maximum absolute atomic E-state index is 8.98. The summed E-state index contributed by atoms with van der Waals surface area (Å²) in [4.78, 5) is 2.09. The van der Waals surface area contributed by atoms with Gasteiger partial charge in [-0.15, -0.1) is 0 Å². The number of likely N-dealkylation sites (N-methyl/N-ethyl adjacent to an activating group) is 1. The smallest absolute Gasteiger partial charge is 0.129 e. The molecule has 0 aliphatic carbocycles. The van der Waals surface area contributed by atoms with Gasteiger partial charge in [-0.05, 0) is 20.0 Å². The van der Waals surface area contributed by atoms with Crippen molar-refractivity contribution in [3.05, 3.63) is 0 Å². The van der Waals surface area contributed by atoms with Gasteiger partial charge in [0.2, 0.25) is 0 Å². The van der Waals surface area contributed by atoms with Crippen LogP contribution in [0.15, 0.2) is 0 Å². The summed E-state index contributed by atoms with van der Waals surface area (Å²) in [5, 5.41) is 8.98. The maximum atomic E-state index is 8.98. The Morgan fingerprint density at radius 1 is 1.42 bits per heavy atom. The zero-order valence-corrected chi connectivity index (χ0v) is 8.42. The van der Waals surface area contributed by atoms with E-state index >= 15 is 0 Å². The second kappa shape index (κ2) is 5.13. The molecule has 0 saturated carbocycles. The summed E-state index contributed by atoms with van der Waals surface area (Å²) < 4.78 is 5.02. The first-order chi connectivity index (χ1) is 5.64. The molecule has 0 amide bonds. The van der Waals surface area contributed by atoms with Crippen molar-refractivity contribution in [2.45, 2.75) is 26.3 Å². The van der Waals surface area contributed by atoms with E-state index in [0.29, 0.717) is 6.61 Å². The molecule has 0 aliphatic heterocycles. The fraction of sp³-hybridized carbons (Fsp3) is 0.889. The molecule has 1 atom stereocenters. The molecule has 0 aromatic heterocycles. The average molecular weight is 170 g/mol. The lowest BCUT2D eigenvalue weighted by Gasteiger charge is -2.33. The van der Waals surface area contributed by atoms with Crippen LogP contribution in [0.1, 0.15) is 20.8 Å². The van der Waals surface area contributed by atoms with Crippen molar-refractivity contribution in [2.75, 3.05) is 26.8 Å². The van der Waals surface area contributed by atoms with Gasteiger partial charge in [-0.2, -0.15) is 5.26 Å². The molecular weight excluding hydrogens is 152 g/mol. The van der Waals surface area contributed by atoms with Crippen LogP contribution in [-0.2, 0) is 4.74 Å². The molecule has 3 nitrogen and oxygen atoms in total. The zero-order chi connectivity index (χ0) is 9.61. The van der Waals surface area contributed by atoms with Gasteiger partial charge < -0.3 is 4.74 Å². The highest BCUT2D eigenvalue weighted by Gasteiger charge is 2.29. The predicted octanol–water partition coefficient (Wildman–Crippen LogP) is 1.26. The molecule has 0 saturated heterocycles. The van der Waals surface area contributed by atoms with E-state index in [0.717, 1.165) is 13.1 Å². The van der Waals surface area contributed by atoms with E-state index in [9.17, 15) is 0 Å². The monoisotopic (exact) mass is 170 g/mol. The Morgan fingerprint density at radius 2 is 1.92 bits per heavy atom. The van der Waals surface area contributed by atoms with Gasteiger partial charge in [-0.25, -0.2) is 0 Å². The Kier molecular flexibility index (Phi) is 4.87. The van der Waals surface area contributed by atoms with Crippen LogP contribution in [0.2, 0.25) is 0 Å². The summed E-state index contributed by atoms with van der Waals surface area (Å²) in [6, 6.07) is 2.28. The first-order valence-corrected chi connectivity index (χ1v) is 4.29. The Bertz CT molecular complexity index is 160. The van der Waals surface area contributed by atoms with E-state index in [2.05, 4.69) is 24.8 Å². The normalized spacial score (nSPS) is 15.7. The van der Waals surface area contributed by atoms with Crippen molar-refractivity contribution >= 4 is 0 Å². The van der Waals surface area contributed by atoms with Crippen LogP contribution in [0, 0.1) is 11.3 Å². The van der Waals surface area contributed by atoms with Gasteiger partial charge in [0.25, 0.3) is 0 Å². The Morgan fingerprint density at radius 3 is 2.17 bits per heavy atom. The van der Waals surface area contributed by atoms with Gasteiger partial charge in [-0.3, -0.25) is 4.90 Å². The van der Waals surface area contributed by atoms with Gasteiger partial charge in [0.05, 0.1) is 12.7 Å². The first kappa shape index (κ1) is 11.4. The summed E-state index contributed by atoms with van der Waals surface area (Å²) >= 11 is 0. The van der Waals surface area contributed by atoms with Crippen LogP contribution in [0.3, 0.4) is 0 Å². The summed E-state index contributed by atoms with van der Waals surface area (Å²) in [7, 11) is 1.62. The molecule has 0 N–H and O–H groups in total. The lowest BCUT2D eigenvalue weighted by molar-refractivity contribution is 0.0643. The number of hydrogen-bond acceptors (Lipinski definition) is 3. The Labute approximate surface area is 74.9 Å². The third-order valence-corrected chi connectivity index (χ3v) is 2.13. The molecule has 70 valence electrons. The van der Waals surface area contributed by atoms with E-state index in [1.165, 1.54) is 0 Å². The Balaban J connectivity index is 4.38. The minimum atomic E-state index is -0.474. The SMILES string of the molecule is CCN(CC)C(C)(C#N)COC. The highest BCUT2D eigenvalue weighted by molar-refractivity contribution is 5.04. The molecule has 12 heavy (non-hydrogen) atoms. The zero-order valence-electron chi connectivity index (χ0n) is 8.42. The Hall–Kier alpha value is -0.590. The van der Waals surface area contributed by atoms with Crippen molar-refractivity contribution in [2.24, 2.45) is 0 Å². The lowest BCUT2D eigenvalue weighted by atomic mass is 10.0. The number of nitrogens with zero attached hydrogens (tertiary/aromatic N) is 2. The van der Waals surface area contributed by atoms with Crippen LogP contribution >= 0.6 is 0 Å². The molecule has 0 bridgehead atoms. The van der Waals surface area contributed by atoms with Crippen LogP contribution in [0.5, 0.6) is 0 Å². The number of methoxy groups -OCH3 is 1. The van der Waals surface area contributed by atoms with Gasteiger partial charge in [-0.1, -0.05) is 13.8 Å².